The Morgan fingerprint density at radius 1 is 1.27 bits per heavy atom. The van der Waals surface area contributed by atoms with E-state index in [1.807, 2.05) is 54.1 Å². The van der Waals surface area contributed by atoms with Crippen LogP contribution in [0.1, 0.15) is 10.4 Å². The van der Waals surface area contributed by atoms with Crippen molar-refractivity contribution in [2.24, 2.45) is 0 Å². The van der Waals surface area contributed by atoms with E-state index in [4.69, 9.17) is 4.74 Å². The van der Waals surface area contributed by atoms with Gasteiger partial charge < -0.3 is 10.1 Å². The Bertz CT molecular complexity index is 920. The van der Waals surface area contributed by atoms with E-state index in [0.29, 0.717) is 6.54 Å². The SMILES string of the molecule is O=C(/C=C/c1cccs1)NCC1Cc2cc(-c3cccnc3)ccc2O1. The molecule has 1 aliphatic rings. The van der Waals surface area contributed by atoms with Crippen molar-refractivity contribution in [1.29, 1.82) is 0 Å². The number of nitrogens with zero attached hydrogens (tertiary/aromatic N) is 1. The molecule has 4 nitrogen and oxygen atoms in total. The van der Waals surface area contributed by atoms with Crippen molar-refractivity contribution in [2.45, 2.75) is 12.5 Å². The van der Waals surface area contributed by atoms with Gasteiger partial charge in [0.15, 0.2) is 0 Å². The van der Waals surface area contributed by atoms with Gasteiger partial charge in [-0.25, -0.2) is 0 Å². The molecular weight excluding hydrogens is 344 g/mol. The molecule has 0 bridgehead atoms. The second-order valence-corrected chi connectivity index (χ2v) is 7.08. The van der Waals surface area contributed by atoms with Crippen molar-refractivity contribution in [3.8, 4) is 16.9 Å². The average Bonchev–Trinajstić information content (AvgIpc) is 3.34. The number of pyridine rings is 1. The first-order valence-electron chi connectivity index (χ1n) is 8.47. The summed E-state index contributed by atoms with van der Waals surface area (Å²) in [6.45, 7) is 0.491. The lowest BCUT2D eigenvalue weighted by Crippen LogP contribution is -2.33. The van der Waals surface area contributed by atoms with Gasteiger partial charge in [-0.1, -0.05) is 18.2 Å². The number of ether oxygens (including phenoxy) is 1. The van der Waals surface area contributed by atoms with E-state index < -0.39 is 0 Å². The maximum Gasteiger partial charge on any atom is 0.244 e. The summed E-state index contributed by atoms with van der Waals surface area (Å²) < 4.78 is 5.95. The van der Waals surface area contributed by atoms with Gasteiger partial charge in [-0.05, 0) is 46.8 Å². The number of fused-ring (bicyclic) bond motifs is 1. The summed E-state index contributed by atoms with van der Waals surface area (Å²) in [5, 5.41) is 4.90. The zero-order valence-electron chi connectivity index (χ0n) is 14.1. The predicted molar refractivity (Wildman–Crippen MR) is 104 cm³/mol. The van der Waals surface area contributed by atoms with Crippen LogP contribution in [0, 0.1) is 0 Å². The van der Waals surface area contributed by atoms with Crippen LogP contribution < -0.4 is 10.1 Å². The maximum absolute atomic E-state index is 12.0. The Balaban J connectivity index is 1.34. The number of thiophene rings is 1. The summed E-state index contributed by atoms with van der Waals surface area (Å²) in [6.07, 6.45) is 7.77. The minimum absolute atomic E-state index is 0.0340. The molecule has 3 heterocycles. The first-order valence-corrected chi connectivity index (χ1v) is 9.35. The molecule has 0 aliphatic carbocycles. The van der Waals surface area contributed by atoms with Crippen molar-refractivity contribution >= 4 is 23.3 Å². The van der Waals surface area contributed by atoms with Gasteiger partial charge >= 0.3 is 0 Å². The number of carbonyl (C=O) groups excluding carboxylic acids is 1. The number of aromatic nitrogens is 1. The molecule has 1 amide bonds. The lowest BCUT2D eigenvalue weighted by atomic mass is 10.0. The van der Waals surface area contributed by atoms with Crippen molar-refractivity contribution in [3.05, 3.63) is 76.8 Å². The molecule has 1 atom stereocenters. The van der Waals surface area contributed by atoms with Gasteiger partial charge in [-0.3, -0.25) is 9.78 Å². The van der Waals surface area contributed by atoms with Gasteiger partial charge in [0.1, 0.15) is 11.9 Å². The maximum atomic E-state index is 12.0. The summed E-state index contributed by atoms with van der Waals surface area (Å²) in [7, 11) is 0. The van der Waals surface area contributed by atoms with Crippen molar-refractivity contribution in [3.63, 3.8) is 0 Å². The molecule has 26 heavy (non-hydrogen) atoms. The normalized spacial score (nSPS) is 15.6. The molecule has 3 aromatic rings. The second kappa shape index (κ2) is 7.54. The molecular formula is C21H18N2O2S. The highest BCUT2D eigenvalue weighted by atomic mass is 32.1. The number of carbonyl (C=O) groups is 1. The molecule has 0 saturated carbocycles. The van der Waals surface area contributed by atoms with E-state index in [9.17, 15) is 4.79 Å². The molecule has 0 radical (unpaired) electrons. The number of nitrogens with one attached hydrogen (secondary N) is 1. The lowest BCUT2D eigenvalue weighted by Gasteiger charge is -2.10. The van der Waals surface area contributed by atoms with E-state index >= 15 is 0 Å². The van der Waals surface area contributed by atoms with Crippen LogP contribution in [0.25, 0.3) is 17.2 Å². The third-order valence-electron chi connectivity index (χ3n) is 4.24. The van der Waals surface area contributed by atoms with E-state index in [1.54, 1.807) is 23.6 Å². The highest BCUT2D eigenvalue weighted by Crippen LogP contribution is 2.32. The first kappa shape index (κ1) is 16.5. The molecule has 0 spiro atoms. The minimum Gasteiger partial charge on any atom is -0.488 e. The van der Waals surface area contributed by atoms with Gasteiger partial charge in [-0.2, -0.15) is 0 Å². The topological polar surface area (TPSA) is 51.2 Å². The van der Waals surface area contributed by atoms with Gasteiger partial charge in [-0.15, -0.1) is 11.3 Å². The second-order valence-electron chi connectivity index (χ2n) is 6.10. The van der Waals surface area contributed by atoms with Gasteiger partial charge in [0.05, 0.1) is 6.54 Å². The number of hydrogen-bond acceptors (Lipinski definition) is 4. The molecule has 1 unspecified atom stereocenters. The number of rotatable bonds is 5. The largest absolute Gasteiger partial charge is 0.488 e. The van der Waals surface area contributed by atoms with Gasteiger partial charge in [0, 0.05) is 35.3 Å². The lowest BCUT2D eigenvalue weighted by molar-refractivity contribution is -0.116. The Hall–Kier alpha value is -2.92. The smallest absolute Gasteiger partial charge is 0.244 e. The fourth-order valence-electron chi connectivity index (χ4n) is 2.96. The zero-order valence-corrected chi connectivity index (χ0v) is 14.9. The molecule has 1 aromatic carbocycles. The molecule has 2 aromatic heterocycles. The molecule has 0 saturated heterocycles. The Morgan fingerprint density at radius 2 is 2.23 bits per heavy atom. The summed E-state index contributed by atoms with van der Waals surface area (Å²) in [5.74, 6) is 0.792. The van der Waals surface area contributed by atoms with Crippen LogP contribution in [-0.2, 0) is 11.2 Å². The molecule has 0 fully saturated rings. The highest BCUT2D eigenvalue weighted by Gasteiger charge is 2.23. The fraction of sp³-hybridized carbons (Fsp3) is 0.143. The molecule has 4 rings (SSSR count). The van der Waals surface area contributed by atoms with Crippen LogP contribution in [-0.4, -0.2) is 23.5 Å². The number of hydrogen-bond donors (Lipinski definition) is 1. The van der Waals surface area contributed by atoms with Crippen LogP contribution in [0.4, 0.5) is 0 Å². The molecule has 5 heteroatoms. The summed E-state index contributed by atoms with van der Waals surface area (Å²) >= 11 is 1.60. The zero-order chi connectivity index (χ0) is 17.8. The van der Waals surface area contributed by atoms with E-state index in [1.165, 1.54) is 5.56 Å². The summed E-state index contributed by atoms with van der Waals surface area (Å²) in [6, 6.07) is 14.1. The molecule has 130 valence electrons. The van der Waals surface area contributed by atoms with Crippen LogP contribution in [0.15, 0.2) is 66.3 Å². The van der Waals surface area contributed by atoms with Crippen molar-refractivity contribution < 1.29 is 9.53 Å². The van der Waals surface area contributed by atoms with E-state index in [2.05, 4.69) is 16.4 Å². The predicted octanol–water partition coefficient (Wildman–Crippen LogP) is 3.94. The highest BCUT2D eigenvalue weighted by molar-refractivity contribution is 7.10. The fourth-order valence-corrected chi connectivity index (χ4v) is 3.58. The van der Waals surface area contributed by atoms with Crippen molar-refractivity contribution in [1.82, 2.24) is 10.3 Å². The van der Waals surface area contributed by atoms with E-state index in [0.717, 1.165) is 28.2 Å². The minimum atomic E-state index is -0.103. The van der Waals surface area contributed by atoms with Crippen LogP contribution in [0.2, 0.25) is 0 Å². The van der Waals surface area contributed by atoms with Gasteiger partial charge in [0.2, 0.25) is 5.91 Å². The Kier molecular flexibility index (Phi) is 4.80. The van der Waals surface area contributed by atoms with Gasteiger partial charge in [0.25, 0.3) is 0 Å². The quantitative estimate of drug-likeness (QED) is 0.700. The van der Waals surface area contributed by atoms with E-state index in [-0.39, 0.29) is 12.0 Å². The number of benzene rings is 1. The third-order valence-corrected chi connectivity index (χ3v) is 5.08. The first-order chi connectivity index (χ1) is 12.8. The van der Waals surface area contributed by atoms with Crippen LogP contribution in [0.3, 0.4) is 0 Å². The Morgan fingerprint density at radius 3 is 3.04 bits per heavy atom. The summed E-state index contributed by atoms with van der Waals surface area (Å²) in [4.78, 5) is 17.2. The Labute approximate surface area is 156 Å². The van der Waals surface area contributed by atoms with Crippen LogP contribution in [0.5, 0.6) is 5.75 Å². The van der Waals surface area contributed by atoms with Crippen molar-refractivity contribution in [2.75, 3.05) is 6.54 Å². The molecule has 1 N–H and O–H groups in total. The molecule has 1 aliphatic heterocycles. The third kappa shape index (κ3) is 3.83. The average molecular weight is 362 g/mol. The monoisotopic (exact) mass is 362 g/mol. The standard InChI is InChI=1S/C21H18N2O2S/c24-21(8-6-19-4-2-10-26-19)23-14-18-12-17-11-15(5-7-20(17)25-18)16-3-1-9-22-13-16/h1-11,13,18H,12,14H2,(H,23,24)/b8-6+. The summed E-state index contributed by atoms with van der Waals surface area (Å²) in [5.41, 5.74) is 3.38. The van der Waals surface area contributed by atoms with Crippen LogP contribution >= 0.6 is 11.3 Å². The number of amides is 1.